The zero-order valence-electron chi connectivity index (χ0n) is 18.2. The number of aromatic hydroxyl groups is 1. The van der Waals surface area contributed by atoms with Gasteiger partial charge < -0.3 is 19.9 Å². The van der Waals surface area contributed by atoms with Crippen LogP contribution in [-0.4, -0.2) is 42.9 Å². The molecule has 3 N–H and O–H groups in total. The van der Waals surface area contributed by atoms with Crippen LogP contribution in [0.5, 0.6) is 17.2 Å². The Hall–Kier alpha value is -3.55. The van der Waals surface area contributed by atoms with Gasteiger partial charge in [0.05, 0.1) is 13.3 Å². The number of nitrogens with one attached hydrogen (secondary N) is 2. The molecular formula is C23H29N3O5. The molecule has 0 saturated carbocycles. The monoisotopic (exact) mass is 427 g/mol. The maximum Gasteiger partial charge on any atom is 0.262 e. The van der Waals surface area contributed by atoms with Crippen LogP contribution in [0.4, 0.5) is 0 Å². The molecule has 1 atom stereocenters. The SMILES string of the molecule is COc1cccc(/C=N\NC(=O)[C@@H](CC(C)C)NC(=O)COc2ccccc2C)c1O. The molecule has 0 aliphatic heterocycles. The molecule has 0 bridgehead atoms. The summed E-state index contributed by atoms with van der Waals surface area (Å²) in [7, 11) is 1.44. The predicted octanol–water partition coefficient (Wildman–Crippen LogP) is 2.77. The quantitative estimate of drug-likeness (QED) is 0.399. The second-order valence-electron chi connectivity index (χ2n) is 7.44. The summed E-state index contributed by atoms with van der Waals surface area (Å²) in [6, 6.07) is 11.5. The number of amides is 2. The van der Waals surface area contributed by atoms with E-state index in [1.807, 2.05) is 39.0 Å². The molecule has 0 radical (unpaired) electrons. The van der Waals surface area contributed by atoms with Crippen molar-refractivity contribution in [3.05, 3.63) is 53.6 Å². The van der Waals surface area contributed by atoms with Gasteiger partial charge in [0, 0.05) is 5.56 Å². The van der Waals surface area contributed by atoms with Crippen molar-refractivity contribution in [1.29, 1.82) is 0 Å². The highest BCUT2D eigenvalue weighted by Gasteiger charge is 2.22. The van der Waals surface area contributed by atoms with Crippen LogP contribution in [-0.2, 0) is 9.59 Å². The van der Waals surface area contributed by atoms with Crippen LogP contribution in [0, 0.1) is 12.8 Å². The molecule has 31 heavy (non-hydrogen) atoms. The number of para-hydroxylation sites is 2. The summed E-state index contributed by atoms with van der Waals surface area (Å²) in [6.07, 6.45) is 1.74. The molecule has 8 heteroatoms. The van der Waals surface area contributed by atoms with E-state index < -0.39 is 17.9 Å². The van der Waals surface area contributed by atoms with Gasteiger partial charge in [0.25, 0.3) is 11.8 Å². The van der Waals surface area contributed by atoms with Crippen LogP contribution in [0.25, 0.3) is 0 Å². The minimum absolute atomic E-state index is 0.0802. The second-order valence-corrected chi connectivity index (χ2v) is 7.44. The standard InChI is InChI=1S/C23H29N3O5/c1-15(2)12-18(25-21(27)14-31-19-10-6-5-8-16(19)3)23(29)26-24-13-17-9-7-11-20(30-4)22(17)28/h5-11,13,15,18,28H,12,14H2,1-4H3,(H,25,27)(H,26,29)/b24-13-/t18-/m1/s1. The Balaban J connectivity index is 1.97. The largest absolute Gasteiger partial charge is 0.504 e. The number of hydrogen-bond donors (Lipinski definition) is 3. The first kappa shape index (κ1) is 23.7. The van der Waals surface area contributed by atoms with Crippen molar-refractivity contribution in [1.82, 2.24) is 10.7 Å². The third kappa shape index (κ3) is 7.33. The van der Waals surface area contributed by atoms with Crippen LogP contribution in [0.1, 0.15) is 31.4 Å². The molecule has 2 amide bonds. The number of nitrogens with zero attached hydrogens (tertiary/aromatic N) is 1. The maximum absolute atomic E-state index is 12.6. The summed E-state index contributed by atoms with van der Waals surface area (Å²) in [5.74, 6) is 0.136. The minimum atomic E-state index is -0.774. The number of aryl methyl sites for hydroxylation is 1. The predicted molar refractivity (Wildman–Crippen MR) is 118 cm³/mol. The number of carbonyl (C=O) groups excluding carboxylic acids is 2. The molecule has 2 rings (SSSR count). The zero-order valence-corrected chi connectivity index (χ0v) is 18.2. The first-order chi connectivity index (χ1) is 14.8. The summed E-state index contributed by atoms with van der Waals surface area (Å²) in [6.45, 7) is 5.59. The van der Waals surface area contributed by atoms with Gasteiger partial charge in [0.2, 0.25) is 0 Å². The van der Waals surface area contributed by atoms with Crippen molar-refractivity contribution < 1.29 is 24.2 Å². The third-order valence-corrected chi connectivity index (χ3v) is 4.44. The molecule has 0 spiro atoms. The molecule has 0 aliphatic carbocycles. The Morgan fingerprint density at radius 3 is 2.52 bits per heavy atom. The van der Waals surface area contributed by atoms with E-state index in [-0.39, 0.29) is 18.3 Å². The Morgan fingerprint density at radius 1 is 1.13 bits per heavy atom. The normalized spacial score (nSPS) is 11.9. The van der Waals surface area contributed by atoms with Crippen molar-refractivity contribution in [2.45, 2.75) is 33.2 Å². The number of ether oxygens (including phenoxy) is 2. The van der Waals surface area contributed by atoms with E-state index in [1.165, 1.54) is 13.3 Å². The van der Waals surface area contributed by atoms with E-state index in [0.717, 1.165) is 5.56 Å². The molecule has 0 saturated heterocycles. The lowest BCUT2D eigenvalue weighted by Crippen LogP contribution is -2.47. The minimum Gasteiger partial charge on any atom is -0.504 e. The molecule has 0 aliphatic rings. The third-order valence-electron chi connectivity index (χ3n) is 4.44. The van der Waals surface area contributed by atoms with Gasteiger partial charge >= 0.3 is 0 Å². The lowest BCUT2D eigenvalue weighted by atomic mass is 10.0. The van der Waals surface area contributed by atoms with E-state index in [2.05, 4.69) is 15.8 Å². The lowest BCUT2D eigenvalue weighted by molar-refractivity contribution is -0.130. The summed E-state index contributed by atoms with van der Waals surface area (Å²) in [5, 5.41) is 16.7. The van der Waals surface area contributed by atoms with Gasteiger partial charge in [-0.2, -0.15) is 5.10 Å². The number of phenols is 1. The van der Waals surface area contributed by atoms with E-state index in [0.29, 0.717) is 23.5 Å². The van der Waals surface area contributed by atoms with E-state index in [1.54, 1.807) is 24.3 Å². The molecule has 2 aromatic carbocycles. The van der Waals surface area contributed by atoms with Gasteiger partial charge in [0.15, 0.2) is 18.1 Å². The Labute approximate surface area is 182 Å². The topological polar surface area (TPSA) is 109 Å². The van der Waals surface area contributed by atoms with Crippen LogP contribution >= 0.6 is 0 Å². The first-order valence-electron chi connectivity index (χ1n) is 9.98. The van der Waals surface area contributed by atoms with Gasteiger partial charge in [-0.3, -0.25) is 9.59 Å². The number of phenolic OH excluding ortho intramolecular Hbond substituents is 1. The smallest absolute Gasteiger partial charge is 0.262 e. The van der Waals surface area contributed by atoms with E-state index >= 15 is 0 Å². The molecule has 0 heterocycles. The zero-order chi connectivity index (χ0) is 22.8. The van der Waals surface area contributed by atoms with Crippen molar-refractivity contribution in [2.24, 2.45) is 11.0 Å². The highest BCUT2D eigenvalue weighted by Crippen LogP contribution is 2.27. The van der Waals surface area contributed by atoms with Crippen LogP contribution in [0.2, 0.25) is 0 Å². The first-order valence-corrected chi connectivity index (χ1v) is 9.98. The summed E-state index contributed by atoms with van der Waals surface area (Å²) in [5.41, 5.74) is 3.72. The fourth-order valence-electron chi connectivity index (χ4n) is 2.85. The number of rotatable bonds is 10. The van der Waals surface area contributed by atoms with E-state index in [9.17, 15) is 14.7 Å². The molecule has 2 aromatic rings. The highest BCUT2D eigenvalue weighted by molar-refractivity contribution is 5.90. The number of hydrazone groups is 1. The lowest BCUT2D eigenvalue weighted by Gasteiger charge is -2.19. The molecule has 166 valence electrons. The maximum atomic E-state index is 12.6. The van der Waals surface area contributed by atoms with Crippen LogP contribution in [0.3, 0.4) is 0 Å². The van der Waals surface area contributed by atoms with Crippen molar-refractivity contribution in [3.63, 3.8) is 0 Å². The van der Waals surface area contributed by atoms with E-state index in [4.69, 9.17) is 9.47 Å². The average molecular weight is 428 g/mol. The molecule has 8 nitrogen and oxygen atoms in total. The average Bonchev–Trinajstić information content (AvgIpc) is 2.73. The highest BCUT2D eigenvalue weighted by atomic mass is 16.5. The van der Waals surface area contributed by atoms with Gasteiger partial charge in [-0.1, -0.05) is 38.1 Å². The Bertz CT molecular complexity index is 927. The summed E-state index contributed by atoms with van der Waals surface area (Å²) >= 11 is 0. The van der Waals surface area contributed by atoms with Crippen molar-refractivity contribution in [2.75, 3.05) is 13.7 Å². The Morgan fingerprint density at radius 2 is 1.84 bits per heavy atom. The summed E-state index contributed by atoms with van der Waals surface area (Å²) < 4.78 is 10.6. The van der Waals surface area contributed by atoms with Crippen molar-refractivity contribution in [3.8, 4) is 17.2 Å². The van der Waals surface area contributed by atoms with Gasteiger partial charge in [-0.25, -0.2) is 5.43 Å². The number of benzene rings is 2. The number of carbonyl (C=O) groups is 2. The summed E-state index contributed by atoms with van der Waals surface area (Å²) in [4.78, 5) is 24.9. The van der Waals surface area contributed by atoms with Gasteiger partial charge in [-0.15, -0.1) is 0 Å². The van der Waals surface area contributed by atoms with Gasteiger partial charge in [-0.05, 0) is 43.0 Å². The molecule has 0 unspecified atom stereocenters. The molecule has 0 fully saturated rings. The fourth-order valence-corrected chi connectivity index (χ4v) is 2.85. The fraction of sp³-hybridized carbons (Fsp3) is 0.348. The van der Waals surface area contributed by atoms with Crippen molar-refractivity contribution >= 4 is 18.0 Å². The van der Waals surface area contributed by atoms with Crippen LogP contribution in [0.15, 0.2) is 47.6 Å². The molecular weight excluding hydrogens is 398 g/mol. The van der Waals surface area contributed by atoms with Gasteiger partial charge in [0.1, 0.15) is 11.8 Å². The number of hydrogen-bond acceptors (Lipinski definition) is 6. The second kappa shape index (κ2) is 11.6. The van der Waals surface area contributed by atoms with Crippen LogP contribution < -0.4 is 20.2 Å². The Kier molecular flexibility index (Phi) is 8.87. The number of methoxy groups -OCH3 is 1. The molecule has 0 aromatic heterocycles.